The van der Waals surface area contributed by atoms with Gasteiger partial charge in [-0.25, -0.2) is 9.78 Å². The molecule has 5 N–H and O–H groups in total. The number of imidazole rings is 1. The summed E-state index contributed by atoms with van der Waals surface area (Å²) < 4.78 is 13.6. The maximum atomic E-state index is 12.7. The third kappa shape index (κ3) is 7.18. The van der Waals surface area contributed by atoms with E-state index in [-0.39, 0.29) is 29.3 Å². The van der Waals surface area contributed by atoms with Crippen molar-refractivity contribution in [3.63, 3.8) is 0 Å². The minimum Gasteiger partial charge on any atom is -0.489 e. The van der Waals surface area contributed by atoms with Crippen LogP contribution in [0.15, 0.2) is 65.6 Å². The van der Waals surface area contributed by atoms with E-state index in [9.17, 15) is 14.7 Å². The number of hydrogen-bond donors (Lipinski definition) is 4. The quantitative estimate of drug-likeness (QED) is 0.188. The summed E-state index contributed by atoms with van der Waals surface area (Å²) >= 11 is 0. The molecule has 222 valence electrons. The van der Waals surface area contributed by atoms with E-state index in [2.05, 4.69) is 29.1 Å². The van der Waals surface area contributed by atoms with Crippen molar-refractivity contribution in [1.29, 1.82) is 0 Å². The summed E-state index contributed by atoms with van der Waals surface area (Å²) in [6.07, 6.45) is 6.21. The number of carbonyl (C=O) groups excluding carboxylic acids is 1. The number of para-hydroxylation sites is 1. The van der Waals surface area contributed by atoms with E-state index in [0.29, 0.717) is 36.9 Å². The third-order valence-electron chi connectivity index (χ3n) is 7.74. The number of benzene rings is 2. The van der Waals surface area contributed by atoms with Gasteiger partial charge in [0.25, 0.3) is 5.91 Å². The number of fused-ring (bicyclic) bond motifs is 1. The number of nitrogens with two attached hydrogens (primary N) is 1. The van der Waals surface area contributed by atoms with Crippen molar-refractivity contribution in [2.75, 3.05) is 13.2 Å². The molecule has 4 aromatic rings. The van der Waals surface area contributed by atoms with Gasteiger partial charge in [0.1, 0.15) is 35.3 Å². The number of hydrogen-bond acceptors (Lipinski definition) is 7. The highest BCUT2D eigenvalue weighted by atomic mass is 16.5. The molecule has 1 aliphatic carbocycles. The van der Waals surface area contributed by atoms with Gasteiger partial charge in [0, 0.05) is 24.8 Å². The largest absolute Gasteiger partial charge is 0.489 e. The highest BCUT2D eigenvalue weighted by Crippen LogP contribution is 2.30. The molecule has 0 saturated heterocycles. The van der Waals surface area contributed by atoms with Crippen LogP contribution >= 0.6 is 0 Å². The van der Waals surface area contributed by atoms with Crippen LogP contribution in [-0.2, 0) is 13.0 Å². The number of ether oxygens (including phenoxy) is 2. The Morgan fingerprint density at radius 2 is 1.93 bits per heavy atom. The van der Waals surface area contributed by atoms with Gasteiger partial charge in [0.15, 0.2) is 0 Å². The molecule has 5 rings (SSSR count). The fourth-order valence-electron chi connectivity index (χ4n) is 5.59. The van der Waals surface area contributed by atoms with Gasteiger partial charge in [0.05, 0.1) is 5.52 Å². The fraction of sp³-hybridized carbons (Fsp3) is 0.406. The van der Waals surface area contributed by atoms with Crippen LogP contribution in [0.3, 0.4) is 0 Å². The normalized spacial score (nSPS) is 14.7. The summed E-state index contributed by atoms with van der Waals surface area (Å²) in [5.41, 5.74) is 7.77. The van der Waals surface area contributed by atoms with E-state index >= 15 is 0 Å². The van der Waals surface area contributed by atoms with Crippen molar-refractivity contribution >= 4 is 16.9 Å². The third-order valence-corrected chi connectivity index (χ3v) is 7.74. The Morgan fingerprint density at radius 1 is 1.17 bits per heavy atom. The number of nitrogens with one attached hydrogen (secondary N) is 2. The molecule has 42 heavy (non-hydrogen) atoms. The van der Waals surface area contributed by atoms with Gasteiger partial charge in [-0.05, 0) is 81.0 Å². The van der Waals surface area contributed by atoms with Crippen molar-refractivity contribution < 1.29 is 19.4 Å². The SMILES string of the molecule is CC(C)(Cc1ccc(Oc2ncccc2C(N)=O)cc1)NC[C@H](O)COc1cccc2[nH]c(=O)n(CC3CCCC3)c12. The van der Waals surface area contributed by atoms with Crippen LogP contribution in [0.5, 0.6) is 17.4 Å². The molecule has 1 saturated carbocycles. The lowest BCUT2D eigenvalue weighted by Crippen LogP contribution is -2.46. The summed E-state index contributed by atoms with van der Waals surface area (Å²) in [6, 6.07) is 16.3. The van der Waals surface area contributed by atoms with Crippen LogP contribution in [0.4, 0.5) is 0 Å². The van der Waals surface area contributed by atoms with Gasteiger partial charge in [-0.15, -0.1) is 0 Å². The molecule has 2 aromatic carbocycles. The molecule has 1 amide bonds. The van der Waals surface area contributed by atoms with Gasteiger partial charge in [-0.3, -0.25) is 9.36 Å². The first-order valence-electron chi connectivity index (χ1n) is 14.5. The van der Waals surface area contributed by atoms with Crippen LogP contribution < -0.4 is 26.2 Å². The van der Waals surface area contributed by atoms with Crippen molar-refractivity contribution in [2.24, 2.45) is 11.7 Å². The number of pyridine rings is 1. The highest BCUT2D eigenvalue weighted by Gasteiger charge is 2.22. The highest BCUT2D eigenvalue weighted by molar-refractivity contribution is 5.95. The Labute approximate surface area is 244 Å². The van der Waals surface area contributed by atoms with E-state index in [4.69, 9.17) is 15.2 Å². The van der Waals surface area contributed by atoms with Gasteiger partial charge in [0.2, 0.25) is 5.88 Å². The predicted octanol–water partition coefficient (Wildman–Crippen LogP) is 4.16. The zero-order valence-corrected chi connectivity index (χ0v) is 24.1. The minimum atomic E-state index is -0.748. The number of β-amino-alcohol motifs (C(OH)–C–C–N with tert-alkyl or cyclic N) is 1. The first kappa shape index (κ1) is 29.3. The second kappa shape index (κ2) is 12.8. The maximum Gasteiger partial charge on any atom is 0.326 e. The number of primary amides is 1. The van der Waals surface area contributed by atoms with Crippen LogP contribution in [0, 0.1) is 5.92 Å². The van der Waals surface area contributed by atoms with Crippen molar-refractivity contribution in [3.05, 3.63) is 82.4 Å². The number of nitrogens with zero attached hydrogens (tertiary/aromatic N) is 2. The van der Waals surface area contributed by atoms with Crippen molar-refractivity contribution in [3.8, 4) is 17.4 Å². The van der Waals surface area contributed by atoms with E-state index in [0.717, 1.165) is 29.4 Å². The lowest BCUT2D eigenvalue weighted by molar-refractivity contribution is 0.0993. The van der Waals surface area contributed by atoms with Gasteiger partial charge >= 0.3 is 5.69 Å². The first-order valence-corrected chi connectivity index (χ1v) is 14.5. The molecule has 1 aliphatic rings. The molecule has 0 spiro atoms. The Morgan fingerprint density at radius 3 is 2.67 bits per heavy atom. The summed E-state index contributed by atoms with van der Waals surface area (Å²) in [5, 5.41) is 14.2. The Bertz CT molecular complexity index is 1570. The summed E-state index contributed by atoms with van der Waals surface area (Å²) in [7, 11) is 0. The molecular weight excluding hydrogens is 534 g/mol. The van der Waals surface area contributed by atoms with E-state index in [1.165, 1.54) is 12.8 Å². The zero-order valence-electron chi connectivity index (χ0n) is 24.1. The Balaban J connectivity index is 1.14. The summed E-state index contributed by atoms with van der Waals surface area (Å²) in [6.45, 7) is 5.25. The van der Waals surface area contributed by atoms with Crippen LogP contribution in [0.25, 0.3) is 11.0 Å². The topological polar surface area (TPSA) is 144 Å². The van der Waals surface area contributed by atoms with Crippen LogP contribution in [-0.4, -0.2) is 50.3 Å². The monoisotopic (exact) mass is 573 g/mol. The summed E-state index contributed by atoms with van der Waals surface area (Å²) in [5.74, 6) is 1.21. The second-order valence-corrected chi connectivity index (χ2v) is 11.7. The maximum absolute atomic E-state index is 12.7. The Kier molecular flexibility index (Phi) is 8.94. The molecule has 10 nitrogen and oxygen atoms in total. The molecule has 2 aromatic heterocycles. The van der Waals surface area contributed by atoms with E-state index in [1.54, 1.807) is 22.9 Å². The Hall–Kier alpha value is -4.15. The van der Waals surface area contributed by atoms with Gasteiger partial charge in [-0.2, -0.15) is 0 Å². The fourth-order valence-corrected chi connectivity index (χ4v) is 5.59. The second-order valence-electron chi connectivity index (χ2n) is 11.7. The molecule has 1 atom stereocenters. The molecule has 0 bridgehead atoms. The lowest BCUT2D eigenvalue weighted by Gasteiger charge is -2.28. The molecule has 1 fully saturated rings. The average Bonchev–Trinajstić information content (AvgIpc) is 3.60. The number of rotatable bonds is 13. The lowest BCUT2D eigenvalue weighted by atomic mass is 9.94. The van der Waals surface area contributed by atoms with Crippen LogP contribution in [0.2, 0.25) is 0 Å². The number of aliphatic hydroxyl groups is 1. The van der Waals surface area contributed by atoms with Crippen molar-refractivity contribution in [1.82, 2.24) is 19.9 Å². The molecule has 0 unspecified atom stereocenters. The molecular formula is C32H39N5O5. The zero-order chi connectivity index (χ0) is 29.7. The first-order chi connectivity index (χ1) is 20.2. The number of aromatic amines is 1. The number of aliphatic hydroxyl groups excluding tert-OH is 1. The van der Waals surface area contributed by atoms with Gasteiger partial charge in [-0.1, -0.05) is 31.0 Å². The number of H-pyrrole nitrogens is 1. The molecule has 0 aliphatic heterocycles. The number of amides is 1. The van der Waals surface area contributed by atoms with E-state index < -0.39 is 12.0 Å². The number of aromatic nitrogens is 3. The van der Waals surface area contributed by atoms with Crippen molar-refractivity contribution in [2.45, 2.75) is 64.1 Å². The average molecular weight is 574 g/mol. The predicted molar refractivity (Wildman–Crippen MR) is 161 cm³/mol. The standard InChI is InChI=1S/C32H39N5O5/c1-32(2,17-21-12-14-24(15-13-21)42-30-25(29(33)39)9-6-16-34-30)35-18-23(38)20-41-27-11-5-10-26-28(27)37(31(40)36-26)19-22-7-3-4-8-22/h5-6,9-16,22-23,35,38H,3-4,7-8,17-20H2,1-2H3,(H2,33,39)(H,36,40)/t23-/m0/s1. The molecule has 0 radical (unpaired) electrons. The molecule has 10 heteroatoms. The van der Waals surface area contributed by atoms with Crippen LogP contribution in [0.1, 0.15) is 55.5 Å². The van der Waals surface area contributed by atoms with E-state index in [1.807, 2.05) is 42.5 Å². The minimum absolute atomic E-state index is 0.0951. The number of carbonyl (C=O) groups is 1. The summed E-state index contributed by atoms with van der Waals surface area (Å²) in [4.78, 5) is 31.4. The molecule has 2 heterocycles. The smallest absolute Gasteiger partial charge is 0.326 e. The van der Waals surface area contributed by atoms with Gasteiger partial charge < -0.3 is 30.6 Å².